The Morgan fingerprint density at radius 1 is 1.40 bits per heavy atom. The lowest BCUT2D eigenvalue weighted by atomic mass is 9.85. The summed E-state index contributed by atoms with van der Waals surface area (Å²) in [5.41, 5.74) is 2.57. The van der Waals surface area contributed by atoms with Gasteiger partial charge in [0.1, 0.15) is 5.82 Å². The zero-order valence-corrected chi connectivity index (χ0v) is 13.4. The molecule has 1 aromatic heterocycles. The van der Waals surface area contributed by atoms with Gasteiger partial charge in [-0.25, -0.2) is 4.98 Å². The molecule has 1 aliphatic rings. The second-order valence-corrected chi connectivity index (χ2v) is 6.69. The van der Waals surface area contributed by atoms with Crippen LogP contribution in [0.5, 0.6) is 0 Å². The van der Waals surface area contributed by atoms with Gasteiger partial charge in [-0.1, -0.05) is 20.3 Å². The van der Waals surface area contributed by atoms with E-state index in [-0.39, 0.29) is 0 Å². The predicted molar refractivity (Wildman–Crippen MR) is 86.1 cm³/mol. The summed E-state index contributed by atoms with van der Waals surface area (Å²) in [6.45, 7) is 9.76. The Hall–Kier alpha value is -1.09. The lowest BCUT2D eigenvalue weighted by Gasteiger charge is -2.31. The molecule has 1 N–H and O–H groups in total. The molecule has 1 fully saturated rings. The number of nitrogens with one attached hydrogen (secondary N) is 1. The Balaban J connectivity index is 1.90. The maximum Gasteiger partial charge on any atom is 0.131 e. The Morgan fingerprint density at radius 2 is 2.15 bits per heavy atom. The lowest BCUT2D eigenvalue weighted by molar-refractivity contribution is 0.321. The van der Waals surface area contributed by atoms with E-state index in [1.165, 1.54) is 30.4 Å². The third kappa shape index (κ3) is 4.20. The molecule has 0 bridgehead atoms. The molecule has 0 unspecified atom stereocenters. The van der Waals surface area contributed by atoms with Crippen LogP contribution in [0.3, 0.4) is 0 Å². The largest absolute Gasteiger partial charge is 0.359 e. The number of hydrogen-bond acceptors (Lipinski definition) is 3. The molecule has 0 amide bonds. The lowest BCUT2D eigenvalue weighted by Crippen LogP contribution is -2.30. The highest BCUT2D eigenvalue weighted by Gasteiger charge is 2.20. The van der Waals surface area contributed by atoms with Crippen molar-refractivity contribution in [2.24, 2.45) is 11.8 Å². The van der Waals surface area contributed by atoms with Gasteiger partial charge in [0.05, 0.1) is 0 Å². The van der Waals surface area contributed by atoms with Gasteiger partial charge in [0.25, 0.3) is 0 Å². The van der Waals surface area contributed by atoms with Gasteiger partial charge in [-0.3, -0.25) is 0 Å². The molecule has 2 rings (SSSR count). The fourth-order valence-corrected chi connectivity index (χ4v) is 2.78. The molecule has 20 heavy (non-hydrogen) atoms. The topological polar surface area (TPSA) is 28.2 Å². The summed E-state index contributed by atoms with van der Waals surface area (Å²) in [7, 11) is 2.17. The van der Waals surface area contributed by atoms with Crippen molar-refractivity contribution >= 4 is 5.82 Å². The normalized spacial score (nSPS) is 15.4. The summed E-state index contributed by atoms with van der Waals surface area (Å²) in [6, 6.07) is 2.27. The van der Waals surface area contributed by atoms with Crippen LogP contribution in [-0.4, -0.2) is 25.1 Å². The molecule has 0 spiro atoms. The molecule has 0 aromatic carbocycles. The Labute approximate surface area is 123 Å². The van der Waals surface area contributed by atoms with E-state index in [0.717, 1.165) is 31.4 Å². The standard InChI is InChI=1S/C17H29N3/c1-13(2)9-18-10-16-8-14(3)17(19-11-16)20(4)12-15-6-5-7-15/h8,11,13,15,18H,5-7,9-10,12H2,1-4H3. The molecule has 0 radical (unpaired) electrons. The van der Waals surface area contributed by atoms with Gasteiger partial charge in [0.15, 0.2) is 0 Å². The summed E-state index contributed by atoms with van der Waals surface area (Å²) in [5, 5.41) is 3.47. The van der Waals surface area contributed by atoms with Crippen molar-refractivity contribution in [3.05, 3.63) is 23.4 Å². The summed E-state index contributed by atoms with van der Waals surface area (Å²) in [5.74, 6) is 2.72. The van der Waals surface area contributed by atoms with Crippen LogP contribution in [0.15, 0.2) is 12.3 Å². The van der Waals surface area contributed by atoms with Gasteiger partial charge >= 0.3 is 0 Å². The summed E-state index contributed by atoms with van der Waals surface area (Å²) < 4.78 is 0. The number of nitrogens with zero attached hydrogens (tertiary/aromatic N) is 2. The minimum atomic E-state index is 0.692. The van der Waals surface area contributed by atoms with Crippen molar-refractivity contribution in [2.75, 3.05) is 25.0 Å². The quantitative estimate of drug-likeness (QED) is 0.827. The van der Waals surface area contributed by atoms with Crippen molar-refractivity contribution < 1.29 is 0 Å². The third-order valence-electron chi connectivity index (χ3n) is 4.11. The molecule has 1 saturated carbocycles. The first-order valence-electron chi connectivity index (χ1n) is 7.93. The van der Waals surface area contributed by atoms with Crippen LogP contribution in [0.4, 0.5) is 5.82 Å². The third-order valence-corrected chi connectivity index (χ3v) is 4.11. The van der Waals surface area contributed by atoms with Crippen molar-refractivity contribution in [1.82, 2.24) is 10.3 Å². The second-order valence-electron chi connectivity index (χ2n) is 6.69. The second kappa shape index (κ2) is 7.07. The zero-order chi connectivity index (χ0) is 14.5. The highest BCUT2D eigenvalue weighted by molar-refractivity contribution is 5.46. The van der Waals surface area contributed by atoms with Crippen LogP contribution >= 0.6 is 0 Å². The molecule has 112 valence electrons. The molecule has 0 atom stereocenters. The molecule has 0 saturated heterocycles. The summed E-state index contributed by atoms with van der Waals surface area (Å²) in [6.07, 6.45) is 6.21. The van der Waals surface area contributed by atoms with Crippen LogP contribution in [0.2, 0.25) is 0 Å². The number of aryl methyl sites for hydroxylation is 1. The van der Waals surface area contributed by atoms with Crippen molar-refractivity contribution in [1.29, 1.82) is 0 Å². The van der Waals surface area contributed by atoms with E-state index in [0.29, 0.717) is 5.92 Å². The van der Waals surface area contributed by atoms with Crippen LogP contribution < -0.4 is 10.2 Å². The Morgan fingerprint density at radius 3 is 2.70 bits per heavy atom. The van der Waals surface area contributed by atoms with E-state index >= 15 is 0 Å². The minimum absolute atomic E-state index is 0.692. The molecule has 1 heterocycles. The first-order valence-corrected chi connectivity index (χ1v) is 7.93. The molecule has 1 aliphatic carbocycles. The smallest absolute Gasteiger partial charge is 0.131 e. The average molecular weight is 275 g/mol. The average Bonchev–Trinajstić information content (AvgIpc) is 2.33. The van der Waals surface area contributed by atoms with Gasteiger partial charge in [0, 0.05) is 26.3 Å². The highest BCUT2D eigenvalue weighted by atomic mass is 15.2. The zero-order valence-electron chi connectivity index (χ0n) is 13.4. The maximum atomic E-state index is 4.67. The van der Waals surface area contributed by atoms with E-state index in [2.05, 4.69) is 49.1 Å². The Bertz CT molecular complexity index is 424. The molecular formula is C17H29N3. The van der Waals surface area contributed by atoms with E-state index < -0.39 is 0 Å². The van der Waals surface area contributed by atoms with E-state index in [9.17, 15) is 0 Å². The summed E-state index contributed by atoms with van der Waals surface area (Å²) in [4.78, 5) is 7.00. The number of pyridine rings is 1. The van der Waals surface area contributed by atoms with Crippen LogP contribution in [-0.2, 0) is 6.54 Å². The van der Waals surface area contributed by atoms with E-state index in [1.807, 2.05) is 6.20 Å². The van der Waals surface area contributed by atoms with Gasteiger partial charge in [0.2, 0.25) is 0 Å². The van der Waals surface area contributed by atoms with E-state index in [1.54, 1.807) is 0 Å². The van der Waals surface area contributed by atoms with Crippen molar-refractivity contribution in [2.45, 2.75) is 46.6 Å². The molecule has 3 heteroatoms. The van der Waals surface area contributed by atoms with Crippen molar-refractivity contribution in [3.63, 3.8) is 0 Å². The van der Waals surface area contributed by atoms with Crippen molar-refractivity contribution in [3.8, 4) is 0 Å². The number of anilines is 1. The number of aromatic nitrogens is 1. The number of rotatable bonds is 7. The molecule has 3 nitrogen and oxygen atoms in total. The minimum Gasteiger partial charge on any atom is -0.359 e. The van der Waals surface area contributed by atoms with Crippen LogP contribution in [0, 0.1) is 18.8 Å². The predicted octanol–water partition coefficient (Wildman–Crippen LogP) is 3.37. The Kier molecular flexibility index (Phi) is 5.41. The van der Waals surface area contributed by atoms with E-state index in [4.69, 9.17) is 0 Å². The molecule has 1 aromatic rings. The van der Waals surface area contributed by atoms with Crippen LogP contribution in [0.25, 0.3) is 0 Å². The van der Waals surface area contributed by atoms with Gasteiger partial charge in [-0.05, 0) is 55.3 Å². The molecule has 0 aliphatic heterocycles. The SMILES string of the molecule is Cc1cc(CNCC(C)C)cnc1N(C)CC1CCC1. The highest BCUT2D eigenvalue weighted by Crippen LogP contribution is 2.28. The van der Waals surface area contributed by atoms with Gasteiger partial charge < -0.3 is 10.2 Å². The fourth-order valence-electron chi connectivity index (χ4n) is 2.78. The maximum absolute atomic E-state index is 4.67. The fraction of sp³-hybridized carbons (Fsp3) is 0.706. The number of hydrogen-bond donors (Lipinski definition) is 1. The van der Waals surface area contributed by atoms with Crippen LogP contribution in [0.1, 0.15) is 44.2 Å². The first kappa shape index (κ1) is 15.3. The van der Waals surface area contributed by atoms with Gasteiger partial charge in [-0.15, -0.1) is 0 Å². The van der Waals surface area contributed by atoms with Gasteiger partial charge in [-0.2, -0.15) is 0 Å². The molecular weight excluding hydrogens is 246 g/mol. The monoisotopic (exact) mass is 275 g/mol. The summed E-state index contributed by atoms with van der Waals surface area (Å²) >= 11 is 0. The first-order chi connectivity index (χ1) is 9.56.